The van der Waals surface area contributed by atoms with Crippen LogP contribution in [0.5, 0.6) is 0 Å². The van der Waals surface area contributed by atoms with Gasteiger partial charge >= 0.3 is 0 Å². The standard InChI is InChI=1S/C30H33BrN2S/c1-2-32-18-7-8-19-33(21-22-16-17-23-10-3-4-11-25(23)20-22)29(24-12-9-13-24)30-28(31)26-14-5-6-15-27(26)34-30/h3-6,10-11,14-17,20,32H,2,7-9,12-13,18-19,21H2,1H3. The maximum atomic E-state index is 4.00. The van der Waals surface area contributed by atoms with Gasteiger partial charge < -0.3 is 10.2 Å². The largest absolute Gasteiger partial charge is 0.366 e. The minimum absolute atomic E-state index is 0.950. The van der Waals surface area contributed by atoms with Crippen LogP contribution in [0, 0.1) is 0 Å². The molecule has 1 aromatic heterocycles. The predicted octanol–water partition coefficient (Wildman–Crippen LogP) is 8.60. The number of hydrogen-bond donors (Lipinski definition) is 1. The van der Waals surface area contributed by atoms with Gasteiger partial charge in [0, 0.05) is 27.6 Å². The Morgan fingerprint density at radius 2 is 1.76 bits per heavy atom. The Morgan fingerprint density at radius 3 is 2.53 bits per heavy atom. The van der Waals surface area contributed by atoms with Crippen LogP contribution in [0.4, 0.5) is 0 Å². The Balaban J connectivity index is 1.51. The van der Waals surface area contributed by atoms with Gasteiger partial charge in [-0.25, -0.2) is 0 Å². The maximum Gasteiger partial charge on any atom is 0.0658 e. The van der Waals surface area contributed by atoms with Crippen LogP contribution in [0.3, 0.4) is 0 Å². The molecular formula is C30H33BrN2S. The molecule has 0 spiro atoms. The molecule has 1 fully saturated rings. The molecule has 176 valence electrons. The summed E-state index contributed by atoms with van der Waals surface area (Å²) in [6.45, 7) is 6.36. The summed E-state index contributed by atoms with van der Waals surface area (Å²) in [5.41, 5.74) is 4.50. The summed E-state index contributed by atoms with van der Waals surface area (Å²) in [4.78, 5) is 4.09. The molecule has 5 rings (SSSR count). The second-order valence-corrected chi connectivity index (χ2v) is 11.1. The van der Waals surface area contributed by atoms with Gasteiger partial charge in [0.1, 0.15) is 0 Å². The molecule has 0 saturated heterocycles. The number of nitrogens with one attached hydrogen (secondary N) is 1. The van der Waals surface area contributed by atoms with Gasteiger partial charge in [0.25, 0.3) is 0 Å². The highest BCUT2D eigenvalue weighted by atomic mass is 79.9. The van der Waals surface area contributed by atoms with Gasteiger partial charge in [0.05, 0.1) is 10.6 Å². The van der Waals surface area contributed by atoms with Crippen molar-refractivity contribution in [3.8, 4) is 0 Å². The smallest absolute Gasteiger partial charge is 0.0658 e. The zero-order chi connectivity index (χ0) is 23.3. The van der Waals surface area contributed by atoms with Crippen molar-refractivity contribution in [3.05, 3.63) is 87.2 Å². The average molecular weight is 534 g/mol. The summed E-state index contributed by atoms with van der Waals surface area (Å²) in [6, 6.07) is 24.5. The van der Waals surface area contributed by atoms with Crippen molar-refractivity contribution in [1.29, 1.82) is 0 Å². The third-order valence-corrected chi connectivity index (χ3v) is 9.09. The average Bonchev–Trinajstić information content (AvgIpc) is 3.16. The van der Waals surface area contributed by atoms with Gasteiger partial charge in [-0.05, 0) is 95.2 Å². The van der Waals surface area contributed by atoms with E-state index >= 15 is 0 Å². The lowest BCUT2D eigenvalue weighted by Gasteiger charge is -2.33. The van der Waals surface area contributed by atoms with Crippen molar-refractivity contribution >= 4 is 53.8 Å². The maximum absolute atomic E-state index is 4.00. The minimum Gasteiger partial charge on any atom is -0.366 e. The van der Waals surface area contributed by atoms with E-state index in [1.807, 2.05) is 11.3 Å². The Kier molecular flexibility index (Phi) is 7.68. The Bertz CT molecular complexity index is 1300. The molecule has 2 nitrogen and oxygen atoms in total. The van der Waals surface area contributed by atoms with Crippen LogP contribution < -0.4 is 5.32 Å². The molecule has 34 heavy (non-hydrogen) atoms. The van der Waals surface area contributed by atoms with E-state index in [0.29, 0.717) is 0 Å². The first-order valence-corrected chi connectivity index (χ1v) is 14.2. The number of benzene rings is 3. The van der Waals surface area contributed by atoms with Crippen LogP contribution in [0.25, 0.3) is 26.6 Å². The topological polar surface area (TPSA) is 15.3 Å². The number of fused-ring (bicyclic) bond motifs is 2. The van der Waals surface area contributed by atoms with E-state index in [0.717, 1.165) is 26.2 Å². The summed E-state index contributed by atoms with van der Waals surface area (Å²) < 4.78 is 2.62. The number of allylic oxidation sites excluding steroid dienone is 1. The highest BCUT2D eigenvalue weighted by molar-refractivity contribution is 9.10. The molecular weight excluding hydrogens is 500 g/mol. The number of unbranched alkanes of at least 4 members (excludes halogenated alkanes) is 1. The molecule has 1 aliphatic rings. The predicted molar refractivity (Wildman–Crippen MR) is 152 cm³/mol. The molecule has 0 aliphatic heterocycles. The third-order valence-electron chi connectivity index (χ3n) is 6.83. The quantitative estimate of drug-likeness (QED) is 0.205. The summed E-state index contributed by atoms with van der Waals surface area (Å²) >= 11 is 5.94. The minimum atomic E-state index is 0.950. The van der Waals surface area contributed by atoms with Crippen molar-refractivity contribution < 1.29 is 0 Å². The third kappa shape index (κ3) is 5.10. The van der Waals surface area contributed by atoms with E-state index in [9.17, 15) is 0 Å². The molecule has 4 heteroatoms. The number of thiophene rings is 1. The van der Waals surface area contributed by atoms with Crippen molar-refractivity contribution in [2.24, 2.45) is 0 Å². The van der Waals surface area contributed by atoms with Crippen LogP contribution in [-0.4, -0.2) is 24.5 Å². The van der Waals surface area contributed by atoms with E-state index in [-0.39, 0.29) is 0 Å². The molecule has 0 bridgehead atoms. The highest BCUT2D eigenvalue weighted by Crippen LogP contribution is 2.45. The summed E-state index contributed by atoms with van der Waals surface area (Å²) in [5.74, 6) is 0. The lowest BCUT2D eigenvalue weighted by atomic mass is 9.89. The van der Waals surface area contributed by atoms with Gasteiger partial charge in [-0.1, -0.05) is 61.5 Å². The van der Waals surface area contributed by atoms with E-state index in [1.165, 1.54) is 73.6 Å². The number of rotatable bonds is 10. The molecule has 1 saturated carbocycles. The first-order valence-electron chi connectivity index (χ1n) is 12.6. The van der Waals surface area contributed by atoms with Crippen molar-refractivity contribution in [1.82, 2.24) is 10.2 Å². The fourth-order valence-corrected chi connectivity index (χ4v) is 6.97. The highest BCUT2D eigenvalue weighted by Gasteiger charge is 2.25. The lowest BCUT2D eigenvalue weighted by Crippen LogP contribution is -2.26. The van der Waals surface area contributed by atoms with Crippen molar-refractivity contribution in [2.45, 2.75) is 45.6 Å². The lowest BCUT2D eigenvalue weighted by molar-refractivity contribution is 0.370. The molecule has 3 aromatic carbocycles. The Hall–Kier alpha value is -2.14. The van der Waals surface area contributed by atoms with Crippen LogP contribution in [0.15, 0.2) is 76.8 Å². The van der Waals surface area contributed by atoms with Gasteiger partial charge in [-0.3, -0.25) is 0 Å². The number of nitrogens with zero attached hydrogens (tertiary/aromatic N) is 1. The first-order chi connectivity index (χ1) is 16.7. The van der Waals surface area contributed by atoms with Crippen LogP contribution in [-0.2, 0) is 6.54 Å². The molecule has 0 radical (unpaired) electrons. The van der Waals surface area contributed by atoms with Crippen LogP contribution >= 0.6 is 27.3 Å². The van der Waals surface area contributed by atoms with E-state index < -0.39 is 0 Å². The Labute approximate surface area is 215 Å². The van der Waals surface area contributed by atoms with Gasteiger partial charge in [-0.2, -0.15) is 0 Å². The second kappa shape index (κ2) is 11.1. The fraction of sp³-hybridized carbons (Fsp3) is 0.333. The molecule has 0 atom stereocenters. The first kappa shape index (κ1) is 23.6. The normalized spacial score (nSPS) is 13.4. The second-order valence-electron chi connectivity index (χ2n) is 9.21. The van der Waals surface area contributed by atoms with Gasteiger partial charge in [0.2, 0.25) is 0 Å². The monoisotopic (exact) mass is 532 g/mol. The molecule has 1 aliphatic carbocycles. The summed E-state index contributed by atoms with van der Waals surface area (Å²) in [6.07, 6.45) is 6.16. The molecule has 1 N–H and O–H groups in total. The van der Waals surface area contributed by atoms with Gasteiger partial charge in [0.15, 0.2) is 0 Å². The van der Waals surface area contributed by atoms with Crippen LogP contribution in [0.1, 0.15) is 49.5 Å². The van der Waals surface area contributed by atoms with Crippen molar-refractivity contribution in [2.75, 3.05) is 19.6 Å². The van der Waals surface area contributed by atoms with Gasteiger partial charge in [-0.15, -0.1) is 11.3 Å². The molecule has 4 aromatic rings. The SMILES string of the molecule is CCNCCCCN(Cc1ccc2ccccc2c1)C(=C1CCC1)c1sc2ccccc2c1Br. The zero-order valence-electron chi connectivity index (χ0n) is 19.9. The number of hydrogen-bond acceptors (Lipinski definition) is 3. The summed E-state index contributed by atoms with van der Waals surface area (Å²) in [7, 11) is 0. The van der Waals surface area contributed by atoms with Crippen molar-refractivity contribution in [3.63, 3.8) is 0 Å². The summed E-state index contributed by atoms with van der Waals surface area (Å²) in [5, 5.41) is 7.46. The zero-order valence-corrected chi connectivity index (χ0v) is 22.4. The Morgan fingerprint density at radius 1 is 0.971 bits per heavy atom. The van der Waals surface area contributed by atoms with E-state index in [1.54, 1.807) is 5.57 Å². The molecule has 0 amide bonds. The fourth-order valence-electron chi connectivity index (χ4n) is 4.84. The van der Waals surface area contributed by atoms with Crippen LogP contribution in [0.2, 0.25) is 0 Å². The number of halogens is 1. The molecule has 0 unspecified atom stereocenters. The van der Waals surface area contributed by atoms with E-state index in [4.69, 9.17) is 0 Å². The molecule has 1 heterocycles. The van der Waals surface area contributed by atoms with E-state index in [2.05, 4.69) is 99.8 Å².